The lowest BCUT2D eigenvalue weighted by Crippen LogP contribution is -2.37. The molecule has 7 nitrogen and oxygen atoms in total. The van der Waals surface area contributed by atoms with Crippen molar-refractivity contribution in [3.8, 4) is 0 Å². The normalized spacial score (nSPS) is 26.2. The Hall–Kier alpha value is -2.28. The van der Waals surface area contributed by atoms with E-state index in [1.807, 2.05) is 17.9 Å². The Morgan fingerprint density at radius 2 is 2.04 bits per heavy atom. The molecule has 1 atom stereocenters. The Labute approximate surface area is 153 Å². The summed E-state index contributed by atoms with van der Waals surface area (Å²) in [4.78, 5) is 27.1. The van der Waals surface area contributed by atoms with Gasteiger partial charge in [0.15, 0.2) is 0 Å². The summed E-state index contributed by atoms with van der Waals surface area (Å²) >= 11 is 0. The molecule has 138 valence electrons. The number of aryl methyl sites for hydroxylation is 1. The van der Waals surface area contributed by atoms with E-state index in [0.717, 1.165) is 44.2 Å². The highest BCUT2D eigenvalue weighted by Crippen LogP contribution is 2.36. The number of amides is 1. The highest BCUT2D eigenvalue weighted by Gasteiger charge is 2.37. The van der Waals surface area contributed by atoms with Crippen molar-refractivity contribution in [3.63, 3.8) is 0 Å². The molecule has 0 spiro atoms. The minimum absolute atomic E-state index is 0.0510. The molecule has 2 aliphatic rings. The number of hydrogen-bond donors (Lipinski definition) is 0. The molecule has 3 heterocycles. The SMILES string of the molecule is Cn1nccc1CC1CCC(C(=O)N2OCC[C@H]2c2cnccn2)CC1. The first kappa shape index (κ1) is 17.1. The maximum absolute atomic E-state index is 13.0. The fourth-order valence-corrected chi connectivity index (χ4v) is 4.13. The lowest BCUT2D eigenvalue weighted by atomic mass is 9.79. The summed E-state index contributed by atoms with van der Waals surface area (Å²) < 4.78 is 1.95. The molecule has 2 aromatic rings. The molecule has 0 aromatic carbocycles. The minimum Gasteiger partial charge on any atom is -0.273 e. The largest absolute Gasteiger partial charge is 0.273 e. The number of rotatable bonds is 4. The zero-order chi connectivity index (χ0) is 17.9. The Morgan fingerprint density at radius 1 is 1.19 bits per heavy atom. The van der Waals surface area contributed by atoms with E-state index in [0.29, 0.717) is 12.5 Å². The number of carbonyl (C=O) groups is 1. The second-order valence-corrected chi connectivity index (χ2v) is 7.30. The van der Waals surface area contributed by atoms with Crippen molar-refractivity contribution in [1.82, 2.24) is 24.8 Å². The third-order valence-corrected chi connectivity index (χ3v) is 5.66. The van der Waals surface area contributed by atoms with Crippen LogP contribution in [0.25, 0.3) is 0 Å². The number of nitrogens with zero attached hydrogens (tertiary/aromatic N) is 5. The molecule has 2 fully saturated rings. The van der Waals surface area contributed by atoms with Gasteiger partial charge in [0, 0.05) is 43.7 Å². The van der Waals surface area contributed by atoms with Crippen LogP contribution in [-0.4, -0.2) is 37.3 Å². The minimum atomic E-state index is -0.108. The van der Waals surface area contributed by atoms with Crippen LogP contribution in [0.4, 0.5) is 0 Å². The van der Waals surface area contributed by atoms with Gasteiger partial charge < -0.3 is 0 Å². The lowest BCUT2D eigenvalue weighted by molar-refractivity contribution is -0.183. The van der Waals surface area contributed by atoms with Crippen LogP contribution < -0.4 is 0 Å². The summed E-state index contributed by atoms with van der Waals surface area (Å²) in [6.45, 7) is 0.558. The summed E-state index contributed by atoms with van der Waals surface area (Å²) in [6, 6.07) is 1.98. The maximum atomic E-state index is 13.0. The fourth-order valence-electron chi connectivity index (χ4n) is 4.13. The molecule has 0 N–H and O–H groups in total. The Bertz CT molecular complexity index is 739. The van der Waals surface area contributed by atoms with Gasteiger partial charge in [-0.2, -0.15) is 5.10 Å². The van der Waals surface area contributed by atoms with Gasteiger partial charge in [0.05, 0.1) is 18.5 Å². The summed E-state index contributed by atoms with van der Waals surface area (Å²) in [7, 11) is 1.99. The molecular formula is C19H25N5O2. The molecule has 4 rings (SSSR count). The van der Waals surface area contributed by atoms with Crippen LogP contribution in [0.5, 0.6) is 0 Å². The fraction of sp³-hybridized carbons (Fsp3) is 0.579. The molecule has 7 heteroatoms. The molecule has 2 aromatic heterocycles. The first-order chi connectivity index (χ1) is 12.7. The van der Waals surface area contributed by atoms with Crippen molar-refractivity contribution in [2.45, 2.75) is 44.6 Å². The molecule has 1 saturated heterocycles. The van der Waals surface area contributed by atoms with Crippen LogP contribution in [0.2, 0.25) is 0 Å². The quantitative estimate of drug-likeness (QED) is 0.842. The molecular weight excluding hydrogens is 330 g/mol. The van der Waals surface area contributed by atoms with Crippen LogP contribution in [-0.2, 0) is 23.1 Å². The standard InChI is InChI=1S/C19H25N5O2/c1-23-16(6-8-22-23)12-14-2-4-15(5-3-14)19(25)24-18(7-11-26-24)17-13-20-9-10-21-17/h6,8-10,13-15,18H,2-5,7,11-12H2,1H3/t14?,15?,18-/m0/s1. The zero-order valence-corrected chi connectivity index (χ0v) is 15.1. The number of hydrogen-bond acceptors (Lipinski definition) is 5. The van der Waals surface area contributed by atoms with Gasteiger partial charge in [-0.3, -0.25) is 24.3 Å². The van der Waals surface area contributed by atoms with Gasteiger partial charge in [0.2, 0.25) is 5.91 Å². The van der Waals surface area contributed by atoms with E-state index in [1.54, 1.807) is 23.7 Å². The van der Waals surface area contributed by atoms with E-state index in [-0.39, 0.29) is 17.9 Å². The van der Waals surface area contributed by atoms with Crippen molar-refractivity contribution in [3.05, 3.63) is 42.2 Å². The monoisotopic (exact) mass is 355 g/mol. The van der Waals surface area contributed by atoms with Crippen LogP contribution in [0, 0.1) is 11.8 Å². The average molecular weight is 355 g/mol. The van der Waals surface area contributed by atoms with Gasteiger partial charge in [-0.1, -0.05) is 0 Å². The van der Waals surface area contributed by atoms with Crippen molar-refractivity contribution in [2.24, 2.45) is 18.9 Å². The third-order valence-electron chi connectivity index (χ3n) is 5.66. The average Bonchev–Trinajstić information content (AvgIpc) is 3.32. The Balaban J connectivity index is 1.35. The van der Waals surface area contributed by atoms with Gasteiger partial charge in [-0.05, 0) is 44.1 Å². The van der Waals surface area contributed by atoms with Crippen molar-refractivity contribution in [1.29, 1.82) is 0 Å². The molecule has 1 saturated carbocycles. The lowest BCUT2D eigenvalue weighted by Gasteiger charge is -2.31. The summed E-state index contributed by atoms with van der Waals surface area (Å²) in [5.74, 6) is 0.789. The van der Waals surface area contributed by atoms with Crippen LogP contribution in [0.3, 0.4) is 0 Å². The molecule has 1 aliphatic heterocycles. The summed E-state index contributed by atoms with van der Waals surface area (Å²) in [5, 5.41) is 5.81. The second-order valence-electron chi connectivity index (χ2n) is 7.30. The first-order valence-electron chi connectivity index (χ1n) is 9.41. The predicted octanol–water partition coefficient (Wildman–Crippen LogP) is 2.46. The molecule has 0 unspecified atom stereocenters. The van der Waals surface area contributed by atoms with E-state index >= 15 is 0 Å². The van der Waals surface area contributed by atoms with Crippen molar-refractivity contribution >= 4 is 5.91 Å². The highest BCUT2D eigenvalue weighted by atomic mass is 16.7. The van der Waals surface area contributed by atoms with Gasteiger partial charge in [-0.15, -0.1) is 0 Å². The predicted molar refractivity (Wildman–Crippen MR) is 94.5 cm³/mol. The first-order valence-corrected chi connectivity index (χ1v) is 9.41. The topological polar surface area (TPSA) is 73.1 Å². The van der Waals surface area contributed by atoms with E-state index < -0.39 is 0 Å². The molecule has 1 amide bonds. The summed E-state index contributed by atoms with van der Waals surface area (Å²) in [5.41, 5.74) is 2.08. The maximum Gasteiger partial charge on any atom is 0.249 e. The molecule has 0 radical (unpaired) electrons. The van der Waals surface area contributed by atoms with E-state index in [2.05, 4.69) is 21.1 Å². The Morgan fingerprint density at radius 3 is 2.73 bits per heavy atom. The third kappa shape index (κ3) is 3.49. The number of carbonyl (C=O) groups excluding carboxylic acids is 1. The molecule has 26 heavy (non-hydrogen) atoms. The smallest absolute Gasteiger partial charge is 0.249 e. The van der Waals surface area contributed by atoms with E-state index in [9.17, 15) is 4.79 Å². The van der Waals surface area contributed by atoms with Gasteiger partial charge in [0.1, 0.15) is 6.04 Å². The van der Waals surface area contributed by atoms with Gasteiger partial charge in [-0.25, -0.2) is 5.06 Å². The molecule has 0 bridgehead atoms. The van der Waals surface area contributed by atoms with Crippen molar-refractivity contribution < 1.29 is 9.63 Å². The molecule has 1 aliphatic carbocycles. The van der Waals surface area contributed by atoms with Gasteiger partial charge >= 0.3 is 0 Å². The summed E-state index contributed by atoms with van der Waals surface area (Å²) in [6.07, 6.45) is 12.7. The van der Waals surface area contributed by atoms with E-state index in [4.69, 9.17) is 4.84 Å². The van der Waals surface area contributed by atoms with E-state index in [1.165, 1.54) is 5.69 Å². The van der Waals surface area contributed by atoms with Crippen LogP contribution in [0.1, 0.15) is 49.5 Å². The van der Waals surface area contributed by atoms with Crippen LogP contribution >= 0.6 is 0 Å². The van der Waals surface area contributed by atoms with Crippen molar-refractivity contribution in [2.75, 3.05) is 6.61 Å². The van der Waals surface area contributed by atoms with Gasteiger partial charge in [0.25, 0.3) is 0 Å². The second kappa shape index (κ2) is 7.53. The number of hydroxylamine groups is 2. The zero-order valence-electron chi connectivity index (χ0n) is 15.1. The Kier molecular flexibility index (Phi) is 4.97. The van der Waals surface area contributed by atoms with Crippen LogP contribution in [0.15, 0.2) is 30.9 Å². The highest BCUT2D eigenvalue weighted by molar-refractivity contribution is 5.78. The number of aromatic nitrogens is 4.